The van der Waals surface area contributed by atoms with E-state index in [4.69, 9.17) is 4.74 Å². The lowest BCUT2D eigenvalue weighted by Gasteiger charge is -2.27. The zero-order valence-corrected chi connectivity index (χ0v) is 18.5. The Bertz CT molecular complexity index is 594. The van der Waals surface area contributed by atoms with Gasteiger partial charge in [-0.05, 0) is 37.7 Å². The fraction of sp³-hybridized carbons (Fsp3) is 0.762. The number of aliphatic imine (C=N–C) groups is 1. The minimum Gasteiger partial charge on any atom is -0.481 e. The summed E-state index contributed by atoms with van der Waals surface area (Å²) in [6.07, 6.45) is -2.90. The molecule has 0 aliphatic rings. The third-order valence-electron chi connectivity index (χ3n) is 5.16. The number of nitrogens with zero attached hydrogens (tertiary/aromatic N) is 1. The highest BCUT2D eigenvalue weighted by atomic mass is 19.4. The first kappa shape index (κ1) is 27.4. The van der Waals surface area contributed by atoms with Crippen LogP contribution in [-0.2, 0) is 4.74 Å². The third-order valence-corrected chi connectivity index (χ3v) is 5.16. The largest absolute Gasteiger partial charge is 0.481 e. The van der Waals surface area contributed by atoms with Gasteiger partial charge in [0.25, 0.3) is 0 Å². The standard InChI is InChI=1S/C21H35F5N2O/c1-8-14(5)18(28-19(29-7)17(10-3)21(24,25)26)27-13-16(9-2)15(6)12-20(22,23)11-4/h10,15-16,27H,8-9,11-13H2,1-7H3/b17-10+,18-14-,28-19-. The van der Waals surface area contributed by atoms with Crippen LogP contribution in [0, 0.1) is 11.8 Å². The molecular weight excluding hydrogens is 391 g/mol. The molecule has 0 aromatic heterocycles. The normalized spacial score (nSPS) is 17.0. The quantitative estimate of drug-likeness (QED) is 0.222. The molecular formula is C21H35F5N2O. The van der Waals surface area contributed by atoms with Crippen LogP contribution >= 0.6 is 0 Å². The Morgan fingerprint density at radius 3 is 2.10 bits per heavy atom. The monoisotopic (exact) mass is 426 g/mol. The molecule has 0 aromatic rings. The van der Waals surface area contributed by atoms with Crippen LogP contribution in [0.15, 0.2) is 28.0 Å². The van der Waals surface area contributed by atoms with Gasteiger partial charge in [-0.3, -0.25) is 0 Å². The average Bonchev–Trinajstić information content (AvgIpc) is 2.64. The average molecular weight is 427 g/mol. The van der Waals surface area contributed by atoms with Gasteiger partial charge in [-0.25, -0.2) is 8.78 Å². The first-order chi connectivity index (χ1) is 13.4. The fourth-order valence-corrected chi connectivity index (χ4v) is 2.94. The molecule has 0 saturated carbocycles. The molecule has 3 nitrogen and oxygen atoms in total. The maximum absolute atomic E-state index is 13.8. The molecule has 2 atom stereocenters. The van der Waals surface area contributed by atoms with E-state index >= 15 is 0 Å². The molecule has 170 valence electrons. The molecule has 0 saturated heterocycles. The van der Waals surface area contributed by atoms with Gasteiger partial charge in [0.1, 0.15) is 11.4 Å². The predicted octanol–water partition coefficient (Wildman–Crippen LogP) is 6.87. The molecule has 8 heteroatoms. The maximum atomic E-state index is 13.8. The van der Waals surface area contributed by atoms with Crippen molar-refractivity contribution in [1.82, 2.24) is 5.32 Å². The summed E-state index contributed by atoms with van der Waals surface area (Å²) in [7, 11) is 1.14. The first-order valence-electron chi connectivity index (χ1n) is 10.0. The molecule has 0 aromatic carbocycles. The summed E-state index contributed by atoms with van der Waals surface area (Å²) in [5.41, 5.74) is -0.218. The zero-order chi connectivity index (χ0) is 22.8. The molecule has 0 radical (unpaired) electrons. The number of halogens is 5. The third kappa shape index (κ3) is 9.17. The molecule has 0 bridgehead atoms. The summed E-state index contributed by atoms with van der Waals surface area (Å²) in [4.78, 5) is 4.09. The van der Waals surface area contributed by atoms with Crippen LogP contribution in [0.5, 0.6) is 0 Å². The maximum Gasteiger partial charge on any atom is 0.421 e. The topological polar surface area (TPSA) is 33.6 Å². The summed E-state index contributed by atoms with van der Waals surface area (Å²) in [5, 5.41) is 3.07. The van der Waals surface area contributed by atoms with Crippen molar-refractivity contribution < 1.29 is 26.7 Å². The van der Waals surface area contributed by atoms with Gasteiger partial charge in [0.2, 0.25) is 11.8 Å². The van der Waals surface area contributed by atoms with Gasteiger partial charge in [-0.2, -0.15) is 18.2 Å². The Morgan fingerprint density at radius 2 is 1.72 bits per heavy atom. The van der Waals surface area contributed by atoms with Crippen LogP contribution in [0.1, 0.15) is 67.2 Å². The van der Waals surface area contributed by atoms with E-state index in [0.29, 0.717) is 19.4 Å². The second-order valence-corrected chi connectivity index (χ2v) is 7.24. The minimum absolute atomic E-state index is 0.0721. The summed E-state index contributed by atoms with van der Waals surface area (Å²) in [6.45, 7) is 10.4. The molecule has 0 heterocycles. The molecule has 2 unspecified atom stereocenters. The van der Waals surface area contributed by atoms with Gasteiger partial charge < -0.3 is 10.1 Å². The summed E-state index contributed by atoms with van der Waals surface area (Å²) < 4.78 is 72.1. The van der Waals surface area contributed by atoms with Gasteiger partial charge >= 0.3 is 6.18 Å². The van der Waals surface area contributed by atoms with Crippen LogP contribution in [0.3, 0.4) is 0 Å². The van der Waals surface area contributed by atoms with Crippen LogP contribution in [0.2, 0.25) is 0 Å². The van der Waals surface area contributed by atoms with Crippen molar-refractivity contribution in [3.05, 3.63) is 23.0 Å². The number of hydrogen-bond acceptors (Lipinski definition) is 3. The number of hydrogen-bond donors (Lipinski definition) is 1. The van der Waals surface area contributed by atoms with Crippen molar-refractivity contribution in [2.45, 2.75) is 79.3 Å². The first-order valence-corrected chi connectivity index (χ1v) is 10.0. The Hall–Kier alpha value is -1.60. The number of rotatable bonds is 11. The molecule has 0 aliphatic heterocycles. The van der Waals surface area contributed by atoms with Gasteiger partial charge in [-0.1, -0.05) is 40.2 Å². The van der Waals surface area contributed by atoms with Gasteiger partial charge in [0.15, 0.2) is 0 Å². The van der Waals surface area contributed by atoms with Crippen LogP contribution in [-0.4, -0.2) is 31.7 Å². The van der Waals surface area contributed by atoms with E-state index in [2.05, 4.69) is 10.3 Å². The van der Waals surface area contributed by atoms with Crippen LogP contribution < -0.4 is 5.32 Å². The van der Waals surface area contributed by atoms with Crippen molar-refractivity contribution in [2.75, 3.05) is 13.7 Å². The highest BCUT2D eigenvalue weighted by Crippen LogP contribution is 2.32. The summed E-state index contributed by atoms with van der Waals surface area (Å²) in [6, 6.07) is 0. The SMILES string of the molecule is C\C=C(/C(=N/C(NCC(CC)C(C)CC(F)(F)CC)=C(/C)CC)OC)C(F)(F)F. The van der Waals surface area contributed by atoms with Crippen molar-refractivity contribution in [2.24, 2.45) is 16.8 Å². The van der Waals surface area contributed by atoms with Crippen molar-refractivity contribution in [1.29, 1.82) is 0 Å². The lowest BCUT2D eigenvalue weighted by Crippen LogP contribution is -2.31. The van der Waals surface area contributed by atoms with Gasteiger partial charge in [0, 0.05) is 19.4 Å². The predicted molar refractivity (Wildman–Crippen MR) is 108 cm³/mol. The van der Waals surface area contributed by atoms with E-state index in [1.165, 1.54) is 13.8 Å². The molecule has 1 N–H and O–H groups in total. The molecule has 0 fully saturated rings. The lowest BCUT2D eigenvalue weighted by atomic mass is 9.86. The Labute approximate surface area is 171 Å². The second kappa shape index (κ2) is 12.2. The van der Waals surface area contributed by atoms with E-state index < -0.39 is 23.6 Å². The summed E-state index contributed by atoms with van der Waals surface area (Å²) in [5.74, 6) is -3.30. The lowest BCUT2D eigenvalue weighted by molar-refractivity contribution is -0.0877. The Balaban J connectivity index is 5.62. The van der Waals surface area contributed by atoms with Crippen molar-refractivity contribution in [3.63, 3.8) is 0 Å². The Morgan fingerprint density at radius 1 is 1.14 bits per heavy atom. The van der Waals surface area contributed by atoms with Crippen LogP contribution in [0.4, 0.5) is 22.0 Å². The molecule has 0 rings (SSSR count). The highest BCUT2D eigenvalue weighted by Gasteiger charge is 2.37. The molecule has 0 aliphatic carbocycles. The number of alkyl halides is 5. The van der Waals surface area contributed by atoms with E-state index in [0.717, 1.165) is 18.8 Å². The zero-order valence-electron chi connectivity index (χ0n) is 18.5. The Kier molecular flexibility index (Phi) is 11.5. The number of allylic oxidation sites excluding steroid dienone is 2. The highest BCUT2D eigenvalue weighted by molar-refractivity contribution is 5.95. The minimum atomic E-state index is -4.60. The van der Waals surface area contributed by atoms with E-state index in [1.807, 2.05) is 13.8 Å². The van der Waals surface area contributed by atoms with Crippen LogP contribution in [0.25, 0.3) is 0 Å². The van der Waals surface area contributed by atoms with E-state index in [1.54, 1.807) is 13.8 Å². The van der Waals surface area contributed by atoms with Gasteiger partial charge in [-0.15, -0.1) is 0 Å². The fourth-order valence-electron chi connectivity index (χ4n) is 2.94. The van der Waals surface area contributed by atoms with E-state index in [-0.39, 0.29) is 30.5 Å². The van der Waals surface area contributed by atoms with Gasteiger partial charge in [0.05, 0.1) is 7.11 Å². The summed E-state index contributed by atoms with van der Waals surface area (Å²) >= 11 is 0. The molecule has 0 amide bonds. The van der Waals surface area contributed by atoms with E-state index in [9.17, 15) is 22.0 Å². The molecule has 0 spiro atoms. The molecule has 29 heavy (non-hydrogen) atoms. The number of methoxy groups -OCH3 is 1. The smallest absolute Gasteiger partial charge is 0.421 e. The number of nitrogens with one attached hydrogen (secondary N) is 1. The second-order valence-electron chi connectivity index (χ2n) is 7.24. The van der Waals surface area contributed by atoms with Crippen molar-refractivity contribution >= 4 is 5.90 Å². The number of ether oxygens (including phenoxy) is 1. The van der Waals surface area contributed by atoms with Crippen molar-refractivity contribution in [3.8, 4) is 0 Å².